The van der Waals surface area contributed by atoms with Crippen LogP contribution >= 0.6 is 7.82 Å². The van der Waals surface area contributed by atoms with Crippen LogP contribution in [0.4, 0.5) is 0 Å². The summed E-state index contributed by atoms with van der Waals surface area (Å²) < 4.78 is 30.6. The Hall–Kier alpha value is -1.77. The molecule has 2 N–H and O–H groups in total. The Balaban J connectivity index is 5.35. The van der Waals surface area contributed by atoms with E-state index in [1.807, 2.05) is 33.3 Å². The summed E-state index contributed by atoms with van der Waals surface area (Å²) in [5.41, 5.74) is 0. The minimum atomic E-state index is -4.44. The normalized spacial score (nSPS) is 14.0. The van der Waals surface area contributed by atoms with Gasteiger partial charge in [0.05, 0.1) is 33.8 Å². The number of amides is 1. The molecule has 0 aliphatic carbocycles. The second-order valence-corrected chi connectivity index (χ2v) is 22.3. The fraction of sp³-hybridized carbons (Fsp3) is 0.862. The van der Waals surface area contributed by atoms with Gasteiger partial charge in [-0.25, -0.2) is 4.57 Å². The van der Waals surface area contributed by atoms with Crippen molar-refractivity contribution in [3.05, 3.63) is 36.5 Å². The van der Waals surface area contributed by atoms with Gasteiger partial charge in [0.1, 0.15) is 19.3 Å². The van der Waals surface area contributed by atoms with Gasteiger partial charge in [-0.2, -0.15) is 0 Å². The number of carbonyl (C=O) groups is 2. The van der Waals surface area contributed by atoms with E-state index in [1.165, 1.54) is 154 Å². The van der Waals surface area contributed by atoms with Gasteiger partial charge in [-0.3, -0.25) is 18.6 Å². The van der Waals surface area contributed by atoms with Gasteiger partial charge in [0.15, 0.2) is 0 Å². The smallest absolute Gasteiger partial charge is 0.456 e. The molecule has 0 spiro atoms. The van der Waals surface area contributed by atoms with Crippen molar-refractivity contribution in [2.45, 2.75) is 283 Å². The third kappa shape index (κ3) is 49.2. The Bertz CT molecular complexity index is 1270. The van der Waals surface area contributed by atoms with Gasteiger partial charge >= 0.3 is 13.8 Å². The molecule has 0 heterocycles. The molecule has 0 aliphatic rings. The molecule has 400 valence electrons. The summed E-state index contributed by atoms with van der Waals surface area (Å²) in [5.74, 6) is -0.522. The Labute approximate surface area is 421 Å². The monoisotopic (exact) mass is 980 g/mol. The molecule has 0 aliphatic heterocycles. The van der Waals surface area contributed by atoms with Gasteiger partial charge in [0, 0.05) is 12.8 Å². The van der Waals surface area contributed by atoms with Crippen molar-refractivity contribution in [2.24, 2.45) is 0 Å². The van der Waals surface area contributed by atoms with Crippen LogP contribution in [0.5, 0.6) is 0 Å². The lowest BCUT2D eigenvalue weighted by Crippen LogP contribution is -2.47. The van der Waals surface area contributed by atoms with Crippen LogP contribution in [-0.2, 0) is 27.9 Å². The summed E-state index contributed by atoms with van der Waals surface area (Å²) in [6, 6.07) is -0.852. The molecule has 3 atom stereocenters. The highest BCUT2D eigenvalue weighted by atomic mass is 31.2. The molecule has 0 aromatic heterocycles. The SMILES string of the molecule is CCCCCCCC/C=C\CCCCCC(=O)OC(/C=C\CCCCCCCCCCCC)C(COP(=O)(O)OCC[N+](C)(C)C)NC(=O)CCCCCCCCC/C=C/CCCCCCCC. The molecule has 0 saturated carbocycles. The Kier molecular flexibility index (Phi) is 47.6. The third-order valence-corrected chi connectivity index (χ3v) is 13.8. The van der Waals surface area contributed by atoms with E-state index < -0.39 is 20.0 Å². The Morgan fingerprint density at radius 2 is 0.853 bits per heavy atom. The van der Waals surface area contributed by atoms with Crippen molar-refractivity contribution in [1.82, 2.24) is 5.32 Å². The summed E-state index contributed by atoms with van der Waals surface area (Å²) in [6.45, 7) is 7.00. The van der Waals surface area contributed by atoms with Crippen LogP contribution in [0.2, 0.25) is 0 Å². The van der Waals surface area contributed by atoms with E-state index in [0.717, 1.165) is 83.5 Å². The average molecular weight is 981 g/mol. The molecule has 0 radical (unpaired) electrons. The van der Waals surface area contributed by atoms with E-state index in [9.17, 15) is 19.0 Å². The maximum atomic E-state index is 13.5. The second-order valence-electron chi connectivity index (χ2n) is 20.8. The van der Waals surface area contributed by atoms with Crippen LogP contribution in [-0.4, -0.2) is 74.3 Å². The van der Waals surface area contributed by atoms with Crippen molar-refractivity contribution in [2.75, 3.05) is 40.9 Å². The molecule has 0 fully saturated rings. The number of hydrogen-bond donors (Lipinski definition) is 2. The predicted molar refractivity (Wildman–Crippen MR) is 291 cm³/mol. The number of allylic oxidation sites excluding steroid dienone is 5. The summed E-state index contributed by atoms with van der Waals surface area (Å²) in [4.78, 5) is 37.5. The number of nitrogens with one attached hydrogen (secondary N) is 1. The molecule has 1 amide bonds. The maximum Gasteiger partial charge on any atom is 0.472 e. The highest BCUT2D eigenvalue weighted by Crippen LogP contribution is 2.43. The summed E-state index contributed by atoms with van der Waals surface area (Å²) in [6.07, 6.45) is 57.0. The largest absolute Gasteiger partial charge is 0.472 e. The van der Waals surface area contributed by atoms with Gasteiger partial charge in [0.2, 0.25) is 5.91 Å². The van der Waals surface area contributed by atoms with Crippen molar-refractivity contribution in [3.8, 4) is 0 Å². The topological polar surface area (TPSA) is 111 Å². The van der Waals surface area contributed by atoms with Gasteiger partial charge in [-0.1, -0.05) is 212 Å². The number of hydrogen-bond acceptors (Lipinski definition) is 6. The van der Waals surface area contributed by atoms with Gasteiger partial charge in [-0.05, 0) is 83.1 Å². The number of quaternary nitrogens is 1. The summed E-state index contributed by atoms with van der Waals surface area (Å²) in [7, 11) is 1.49. The highest BCUT2D eigenvalue weighted by molar-refractivity contribution is 7.47. The lowest BCUT2D eigenvalue weighted by molar-refractivity contribution is -0.870. The van der Waals surface area contributed by atoms with Gasteiger partial charge in [0.25, 0.3) is 0 Å². The molecule has 68 heavy (non-hydrogen) atoms. The number of phosphoric ester groups is 1. The van der Waals surface area contributed by atoms with E-state index in [4.69, 9.17) is 13.8 Å². The maximum absolute atomic E-state index is 13.5. The van der Waals surface area contributed by atoms with Crippen LogP contribution in [0.25, 0.3) is 0 Å². The zero-order chi connectivity index (χ0) is 50.1. The van der Waals surface area contributed by atoms with E-state index in [-0.39, 0.29) is 31.5 Å². The van der Waals surface area contributed by atoms with Crippen LogP contribution in [0.3, 0.4) is 0 Å². The first-order valence-electron chi connectivity index (χ1n) is 28.8. The lowest BCUT2D eigenvalue weighted by Gasteiger charge is -2.27. The first-order valence-corrected chi connectivity index (χ1v) is 30.3. The Morgan fingerprint density at radius 3 is 1.26 bits per heavy atom. The molecule has 0 bridgehead atoms. The summed E-state index contributed by atoms with van der Waals surface area (Å²) >= 11 is 0. The van der Waals surface area contributed by atoms with Crippen LogP contribution in [0.1, 0.15) is 271 Å². The first-order chi connectivity index (χ1) is 32.9. The number of esters is 1. The van der Waals surface area contributed by atoms with Gasteiger partial charge < -0.3 is 19.4 Å². The van der Waals surface area contributed by atoms with E-state index >= 15 is 0 Å². The Morgan fingerprint density at radius 1 is 0.500 bits per heavy atom. The standard InChI is InChI=1S/C58H111N2O7P/c1-7-10-13-16-19-22-25-28-29-30-31-33-35-38-41-44-47-50-57(61)59-55(54-66-68(63,64)65-53-52-60(4,5)6)56(49-46-43-40-37-34-27-24-21-18-15-12-9-3)67-58(62)51-48-45-42-39-36-32-26-23-20-17-14-11-8-2/h28-29,32,36,46,49,55-56H,7-27,30-31,33-35,37-45,47-48,50-54H2,1-6H3,(H-,59,61,63,64)/p+1/b29-28+,36-32-,49-46-. The summed E-state index contributed by atoms with van der Waals surface area (Å²) in [5, 5.41) is 3.04. The number of carbonyl (C=O) groups excluding carboxylic acids is 2. The molecular weight excluding hydrogens is 868 g/mol. The minimum absolute atomic E-state index is 0.0384. The quantitative estimate of drug-likeness (QED) is 0.0205. The van der Waals surface area contributed by atoms with Crippen LogP contribution < -0.4 is 5.32 Å². The molecule has 0 aromatic rings. The molecular formula is C58H112N2O7P+. The molecule has 0 rings (SSSR count). The minimum Gasteiger partial charge on any atom is -0.456 e. The molecule has 0 saturated heterocycles. The number of nitrogens with zero attached hydrogens (tertiary/aromatic N) is 1. The number of unbranched alkanes of at least 4 members (excludes halogenated alkanes) is 32. The van der Waals surface area contributed by atoms with Crippen molar-refractivity contribution >= 4 is 19.7 Å². The lowest BCUT2D eigenvalue weighted by atomic mass is 10.0. The van der Waals surface area contributed by atoms with Crippen LogP contribution in [0, 0.1) is 0 Å². The molecule has 9 nitrogen and oxygen atoms in total. The zero-order valence-corrected chi connectivity index (χ0v) is 46.5. The van der Waals surface area contributed by atoms with Crippen LogP contribution in [0.15, 0.2) is 36.5 Å². The van der Waals surface area contributed by atoms with Gasteiger partial charge in [-0.15, -0.1) is 0 Å². The number of phosphoric acid groups is 1. The highest BCUT2D eigenvalue weighted by Gasteiger charge is 2.30. The molecule has 10 heteroatoms. The zero-order valence-electron chi connectivity index (χ0n) is 45.6. The predicted octanol–water partition coefficient (Wildman–Crippen LogP) is 17.2. The molecule has 3 unspecified atom stereocenters. The molecule has 0 aromatic carbocycles. The second kappa shape index (κ2) is 48.8. The average Bonchev–Trinajstić information content (AvgIpc) is 3.29. The third-order valence-electron chi connectivity index (χ3n) is 12.8. The van der Waals surface area contributed by atoms with Crippen molar-refractivity contribution in [1.29, 1.82) is 0 Å². The van der Waals surface area contributed by atoms with E-state index in [1.54, 1.807) is 0 Å². The van der Waals surface area contributed by atoms with Crippen molar-refractivity contribution in [3.63, 3.8) is 0 Å². The number of rotatable bonds is 52. The van der Waals surface area contributed by atoms with E-state index in [0.29, 0.717) is 17.4 Å². The number of likely N-dealkylation sites (N-methyl/N-ethyl adjacent to an activating group) is 1. The van der Waals surface area contributed by atoms with E-state index in [2.05, 4.69) is 50.4 Å². The number of ether oxygens (including phenoxy) is 1. The van der Waals surface area contributed by atoms with Crippen molar-refractivity contribution < 1.29 is 37.3 Å². The fourth-order valence-corrected chi connectivity index (χ4v) is 9.02. The fourth-order valence-electron chi connectivity index (χ4n) is 8.28. The first kappa shape index (κ1) is 66.2.